The molecular weight excluding hydrogens is 278 g/mol. The molecule has 0 amide bonds. The average molecular weight is 299 g/mol. The van der Waals surface area contributed by atoms with Crippen LogP contribution in [0.15, 0.2) is 29.2 Å². The molecular formula is C16H21N5O. The number of rotatable bonds is 3. The Balaban J connectivity index is 1.78. The van der Waals surface area contributed by atoms with Crippen molar-refractivity contribution in [2.24, 2.45) is 0 Å². The van der Waals surface area contributed by atoms with Gasteiger partial charge < -0.3 is 4.90 Å². The Morgan fingerprint density at radius 1 is 1.27 bits per heavy atom. The molecule has 0 spiro atoms. The fourth-order valence-corrected chi connectivity index (χ4v) is 2.73. The van der Waals surface area contributed by atoms with Crippen molar-refractivity contribution in [2.75, 3.05) is 32.1 Å². The van der Waals surface area contributed by atoms with Crippen LogP contribution in [-0.2, 0) is 19.4 Å². The van der Waals surface area contributed by atoms with Gasteiger partial charge in [0.2, 0.25) is 5.95 Å². The lowest BCUT2D eigenvalue weighted by atomic mass is 10.1. The third kappa shape index (κ3) is 3.17. The van der Waals surface area contributed by atoms with Gasteiger partial charge in [-0.1, -0.05) is 6.07 Å². The van der Waals surface area contributed by atoms with E-state index in [9.17, 15) is 4.79 Å². The van der Waals surface area contributed by atoms with Crippen molar-refractivity contribution >= 4 is 5.95 Å². The predicted molar refractivity (Wildman–Crippen MR) is 86.1 cm³/mol. The summed E-state index contributed by atoms with van der Waals surface area (Å²) in [5, 5.41) is 0. The number of aromatic amines is 1. The van der Waals surface area contributed by atoms with Gasteiger partial charge in [0.25, 0.3) is 5.56 Å². The Morgan fingerprint density at radius 3 is 2.82 bits per heavy atom. The molecule has 0 fully saturated rings. The van der Waals surface area contributed by atoms with Crippen molar-refractivity contribution in [3.63, 3.8) is 0 Å². The monoisotopic (exact) mass is 299 g/mol. The molecule has 6 heteroatoms. The fourth-order valence-electron chi connectivity index (χ4n) is 2.73. The molecule has 22 heavy (non-hydrogen) atoms. The molecule has 0 radical (unpaired) electrons. The number of fused-ring (bicyclic) bond motifs is 1. The van der Waals surface area contributed by atoms with Crippen LogP contribution in [0.5, 0.6) is 0 Å². The highest BCUT2D eigenvalue weighted by atomic mass is 16.1. The Hall–Kier alpha value is -2.21. The van der Waals surface area contributed by atoms with Gasteiger partial charge in [-0.2, -0.15) is 0 Å². The molecule has 1 aliphatic heterocycles. The standard InChI is InChI=1S/C16H21N5O/c1-20(2)16-18-14-7-10-21(9-6-13(14)15(22)19-16)11-12-5-3-4-8-17-12/h3-5,8H,6-7,9-11H2,1-2H3,(H,18,19,22). The van der Waals surface area contributed by atoms with Crippen LogP contribution < -0.4 is 10.5 Å². The minimum Gasteiger partial charge on any atom is -0.348 e. The van der Waals surface area contributed by atoms with E-state index in [0.29, 0.717) is 5.95 Å². The van der Waals surface area contributed by atoms with Gasteiger partial charge in [0, 0.05) is 51.9 Å². The number of hydrogen-bond acceptors (Lipinski definition) is 5. The number of H-pyrrole nitrogens is 1. The summed E-state index contributed by atoms with van der Waals surface area (Å²) in [5.41, 5.74) is 2.81. The molecule has 3 heterocycles. The highest BCUT2D eigenvalue weighted by molar-refractivity contribution is 5.32. The van der Waals surface area contributed by atoms with Crippen LogP contribution in [-0.4, -0.2) is 47.0 Å². The fraction of sp³-hybridized carbons (Fsp3) is 0.438. The van der Waals surface area contributed by atoms with Crippen LogP contribution in [0.4, 0.5) is 5.95 Å². The number of aromatic nitrogens is 3. The first kappa shape index (κ1) is 14.7. The minimum absolute atomic E-state index is 0.00612. The molecule has 0 aromatic carbocycles. The van der Waals surface area contributed by atoms with Gasteiger partial charge in [0.1, 0.15) is 0 Å². The van der Waals surface area contributed by atoms with Crippen molar-refractivity contribution in [3.05, 3.63) is 51.7 Å². The zero-order chi connectivity index (χ0) is 15.5. The summed E-state index contributed by atoms with van der Waals surface area (Å²) >= 11 is 0. The van der Waals surface area contributed by atoms with Crippen LogP contribution in [0.1, 0.15) is 17.0 Å². The first-order valence-electron chi connectivity index (χ1n) is 7.55. The maximum Gasteiger partial charge on any atom is 0.255 e. The Labute approximate surface area is 129 Å². The van der Waals surface area contributed by atoms with E-state index in [1.807, 2.05) is 43.4 Å². The van der Waals surface area contributed by atoms with Crippen molar-refractivity contribution in [1.29, 1.82) is 0 Å². The van der Waals surface area contributed by atoms with Crippen molar-refractivity contribution < 1.29 is 0 Å². The number of nitrogens with one attached hydrogen (secondary N) is 1. The molecule has 3 rings (SSSR count). The lowest BCUT2D eigenvalue weighted by Gasteiger charge is -2.18. The lowest BCUT2D eigenvalue weighted by Crippen LogP contribution is -2.26. The quantitative estimate of drug-likeness (QED) is 0.909. The summed E-state index contributed by atoms with van der Waals surface area (Å²) < 4.78 is 0. The number of anilines is 1. The third-order valence-electron chi connectivity index (χ3n) is 3.97. The van der Waals surface area contributed by atoms with Crippen LogP contribution >= 0.6 is 0 Å². The van der Waals surface area contributed by atoms with Gasteiger partial charge in [-0.3, -0.25) is 19.7 Å². The second-order valence-corrected chi connectivity index (χ2v) is 5.81. The van der Waals surface area contributed by atoms with E-state index in [2.05, 4.69) is 19.9 Å². The van der Waals surface area contributed by atoms with E-state index < -0.39 is 0 Å². The largest absolute Gasteiger partial charge is 0.348 e. The third-order valence-corrected chi connectivity index (χ3v) is 3.97. The Bertz CT molecular complexity index is 695. The van der Waals surface area contributed by atoms with Gasteiger partial charge in [0.15, 0.2) is 0 Å². The topological polar surface area (TPSA) is 65.1 Å². The maximum absolute atomic E-state index is 12.3. The number of hydrogen-bond donors (Lipinski definition) is 1. The molecule has 1 N–H and O–H groups in total. The summed E-state index contributed by atoms with van der Waals surface area (Å²) in [5.74, 6) is 0.627. The van der Waals surface area contributed by atoms with Gasteiger partial charge in [-0.05, 0) is 18.6 Å². The summed E-state index contributed by atoms with van der Waals surface area (Å²) in [4.78, 5) is 28.3. The smallest absolute Gasteiger partial charge is 0.255 e. The maximum atomic E-state index is 12.3. The second-order valence-electron chi connectivity index (χ2n) is 5.81. The summed E-state index contributed by atoms with van der Waals surface area (Å²) in [7, 11) is 3.77. The van der Waals surface area contributed by atoms with E-state index in [1.54, 1.807) is 0 Å². The molecule has 2 aromatic heterocycles. The first-order valence-corrected chi connectivity index (χ1v) is 7.55. The summed E-state index contributed by atoms with van der Waals surface area (Å²) in [6.45, 7) is 2.57. The van der Waals surface area contributed by atoms with Gasteiger partial charge in [0.05, 0.1) is 11.4 Å². The molecule has 0 saturated heterocycles. The van der Waals surface area contributed by atoms with Crippen LogP contribution in [0, 0.1) is 0 Å². The minimum atomic E-state index is -0.00612. The van der Waals surface area contributed by atoms with Gasteiger partial charge >= 0.3 is 0 Å². The molecule has 116 valence electrons. The summed E-state index contributed by atoms with van der Waals surface area (Å²) in [6.07, 6.45) is 3.35. The molecule has 0 atom stereocenters. The Morgan fingerprint density at radius 2 is 2.09 bits per heavy atom. The molecule has 0 aliphatic carbocycles. The van der Waals surface area contributed by atoms with E-state index in [0.717, 1.165) is 49.4 Å². The van der Waals surface area contributed by atoms with Gasteiger partial charge in [-0.15, -0.1) is 0 Å². The van der Waals surface area contributed by atoms with E-state index in [4.69, 9.17) is 0 Å². The molecule has 0 unspecified atom stereocenters. The number of pyridine rings is 1. The first-order chi connectivity index (χ1) is 10.6. The van der Waals surface area contributed by atoms with Gasteiger partial charge in [-0.25, -0.2) is 4.98 Å². The molecule has 1 aliphatic rings. The molecule has 2 aromatic rings. The molecule has 0 bridgehead atoms. The normalized spacial score (nSPS) is 15.2. The van der Waals surface area contributed by atoms with Crippen LogP contribution in [0.3, 0.4) is 0 Å². The SMILES string of the molecule is CN(C)c1nc2c(c(=O)[nH]1)CCN(Cc1ccccn1)CC2. The second kappa shape index (κ2) is 6.27. The van der Waals surface area contributed by atoms with Crippen molar-refractivity contribution in [1.82, 2.24) is 19.9 Å². The zero-order valence-corrected chi connectivity index (χ0v) is 13.0. The van der Waals surface area contributed by atoms with E-state index >= 15 is 0 Å². The van der Waals surface area contributed by atoms with Crippen molar-refractivity contribution in [3.8, 4) is 0 Å². The van der Waals surface area contributed by atoms with Crippen molar-refractivity contribution in [2.45, 2.75) is 19.4 Å². The van der Waals surface area contributed by atoms with E-state index in [1.165, 1.54) is 0 Å². The summed E-state index contributed by atoms with van der Waals surface area (Å²) in [6, 6.07) is 5.96. The van der Waals surface area contributed by atoms with Crippen LogP contribution in [0.25, 0.3) is 0 Å². The highest BCUT2D eigenvalue weighted by Crippen LogP contribution is 2.14. The molecule has 0 saturated carbocycles. The molecule has 6 nitrogen and oxygen atoms in total. The lowest BCUT2D eigenvalue weighted by molar-refractivity contribution is 0.275. The average Bonchev–Trinajstić information content (AvgIpc) is 2.71. The predicted octanol–water partition coefficient (Wildman–Crippen LogP) is 0.832. The van der Waals surface area contributed by atoms with E-state index in [-0.39, 0.29) is 5.56 Å². The zero-order valence-electron chi connectivity index (χ0n) is 13.0. The highest BCUT2D eigenvalue weighted by Gasteiger charge is 2.19. The Kier molecular flexibility index (Phi) is 4.20. The number of nitrogens with zero attached hydrogens (tertiary/aromatic N) is 4. The van der Waals surface area contributed by atoms with Crippen LogP contribution in [0.2, 0.25) is 0 Å².